The van der Waals surface area contributed by atoms with Gasteiger partial charge >= 0.3 is 0 Å². The van der Waals surface area contributed by atoms with E-state index in [1.807, 2.05) is 0 Å². The second-order valence-electron chi connectivity index (χ2n) is 15.6. The highest BCUT2D eigenvalue weighted by molar-refractivity contribution is 8.17. The smallest absolute Gasteiger partial charge is 0.0310 e. The van der Waals surface area contributed by atoms with Crippen molar-refractivity contribution in [3.05, 3.63) is 0 Å². The van der Waals surface area contributed by atoms with Gasteiger partial charge < -0.3 is 0 Å². The van der Waals surface area contributed by atoms with Crippen molar-refractivity contribution in [2.45, 2.75) is 124 Å². The first kappa shape index (κ1) is 30.0. The Morgan fingerprint density at radius 3 is 0.714 bits per heavy atom. The first-order chi connectivity index (χ1) is 11.6. The van der Waals surface area contributed by atoms with Gasteiger partial charge in [-0.3, -0.25) is 7.35 Å². The molecule has 170 valence electrons. The molecule has 28 heavy (non-hydrogen) atoms. The van der Waals surface area contributed by atoms with E-state index in [2.05, 4.69) is 124 Å². The van der Waals surface area contributed by atoms with Gasteiger partial charge in [0.15, 0.2) is 0 Å². The molecule has 0 amide bonds. The Balaban J connectivity index is 7.44. The molecule has 0 saturated heterocycles. The van der Waals surface area contributed by atoms with Crippen molar-refractivity contribution in [2.24, 2.45) is 0 Å². The summed E-state index contributed by atoms with van der Waals surface area (Å²) in [6.07, 6.45) is -1.30. The van der Waals surface area contributed by atoms with E-state index in [0.717, 1.165) is 0 Å². The van der Waals surface area contributed by atoms with E-state index in [1.54, 1.807) is 0 Å². The maximum atomic E-state index is 3.03. The molecule has 0 bridgehead atoms. The summed E-state index contributed by atoms with van der Waals surface area (Å²) in [5, 5.41) is 0. The van der Waals surface area contributed by atoms with E-state index in [9.17, 15) is 0 Å². The van der Waals surface area contributed by atoms with Crippen LogP contribution in [0.1, 0.15) is 0 Å². The molecule has 0 aliphatic heterocycles. The fourth-order valence-electron chi connectivity index (χ4n) is 9.97. The molecular weight excluding hydrogens is 481 g/mol. The standard InChI is InChI=1S/C19H57Si9/c1-21(2,3)20(22(4,5)6)26(16,17)27(18,19)28(23(7,8)9,24(10,11)12)25(13,14)15/h1-19H3/q-1. The van der Waals surface area contributed by atoms with Crippen LogP contribution in [-0.2, 0) is 0 Å². The van der Waals surface area contributed by atoms with Crippen molar-refractivity contribution >= 4 is 65.7 Å². The van der Waals surface area contributed by atoms with Crippen LogP contribution in [0.25, 0.3) is 0 Å². The molecule has 0 aliphatic rings. The molecule has 0 saturated carbocycles. The molecule has 9 heteroatoms. The minimum absolute atomic E-state index is 0.190. The molecule has 0 nitrogen and oxygen atoms in total. The van der Waals surface area contributed by atoms with E-state index in [4.69, 9.17) is 0 Å². The van der Waals surface area contributed by atoms with E-state index >= 15 is 0 Å². The maximum absolute atomic E-state index is 3.03. The summed E-state index contributed by atoms with van der Waals surface area (Å²) in [5.74, 6) is 0. The van der Waals surface area contributed by atoms with Crippen molar-refractivity contribution in [3.8, 4) is 0 Å². The molecule has 0 heterocycles. The lowest BCUT2D eigenvalue weighted by atomic mass is 11.8. The quantitative estimate of drug-likeness (QED) is 0.279. The number of hydrogen-bond donors (Lipinski definition) is 0. The Hall–Kier alpha value is 1.95. The van der Waals surface area contributed by atoms with Gasteiger partial charge in [-0.1, -0.05) is 124 Å². The van der Waals surface area contributed by atoms with Crippen molar-refractivity contribution in [1.82, 2.24) is 0 Å². The summed E-state index contributed by atoms with van der Waals surface area (Å²) in [4.78, 5) is 0. The summed E-state index contributed by atoms with van der Waals surface area (Å²) in [7, 11) is -8.60. The molecule has 0 unspecified atom stereocenters. The second kappa shape index (κ2) is 8.07. The highest BCUT2D eigenvalue weighted by atomic mass is 30.3. The van der Waals surface area contributed by atoms with Gasteiger partial charge in [0.05, 0.1) is 0 Å². The van der Waals surface area contributed by atoms with Crippen LogP contribution in [0.15, 0.2) is 0 Å². The second-order valence-corrected chi connectivity index (χ2v) is 114. The molecule has 0 aliphatic carbocycles. The number of hydrogen-bond acceptors (Lipinski definition) is 0. The van der Waals surface area contributed by atoms with Crippen LogP contribution >= 0.6 is 0 Å². The van der Waals surface area contributed by atoms with E-state index in [-0.39, 0.29) is 7.35 Å². The predicted molar refractivity (Wildman–Crippen MR) is 163 cm³/mol. The zero-order valence-corrected chi connectivity index (χ0v) is 32.5. The molecule has 0 radical (unpaired) electrons. The van der Waals surface area contributed by atoms with Crippen LogP contribution in [0.5, 0.6) is 0 Å². The molecule has 0 rings (SSSR count). The summed E-state index contributed by atoms with van der Waals surface area (Å²) < 4.78 is 0. The Labute approximate surface area is 189 Å². The first-order valence-electron chi connectivity index (χ1n) is 11.5. The zero-order chi connectivity index (χ0) is 23.6. The topological polar surface area (TPSA) is 0 Å². The molecule has 0 fully saturated rings. The van der Waals surface area contributed by atoms with Crippen molar-refractivity contribution in [1.29, 1.82) is 0 Å². The lowest BCUT2D eigenvalue weighted by Gasteiger charge is -2.75. The average molecular weight is 538 g/mol. The molecule has 0 atom stereocenters. The van der Waals surface area contributed by atoms with Crippen LogP contribution in [0.3, 0.4) is 0 Å². The van der Waals surface area contributed by atoms with Gasteiger partial charge in [-0.2, -0.15) is 0 Å². The van der Waals surface area contributed by atoms with Crippen molar-refractivity contribution in [3.63, 3.8) is 0 Å². The Morgan fingerprint density at radius 2 is 0.571 bits per heavy atom. The number of rotatable bonds is 8. The zero-order valence-electron chi connectivity index (χ0n) is 23.5. The van der Waals surface area contributed by atoms with Gasteiger partial charge in [-0.25, -0.2) is 0 Å². The fraction of sp³-hybridized carbons (Fsp3) is 1.00. The van der Waals surface area contributed by atoms with Crippen LogP contribution < -0.4 is 0 Å². The van der Waals surface area contributed by atoms with E-state index in [0.29, 0.717) is 0 Å². The normalized spacial score (nSPS) is 16.7. The third-order valence-corrected chi connectivity index (χ3v) is 218. The predicted octanol–water partition coefficient (Wildman–Crippen LogP) is 7.67. The largest absolute Gasteiger partial charge is 0.254 e. The van der Waals surface area contributed by atoms with E-state index in [1.165, 1.54) is 0 Å². The van der Waals surface area contributed by atoms with Crippen LogP contribution in [0.2, 0.25) is 124 Å². The lowest BCUT2D eigenvalue weighted by molar-refractivity contribution is 1.73. The van der Waals surface area contributed by atoms with Crippen LogP contribution in [0.4, 0.5) is 0 Å². The first-order valence-corrected chi connectivity index (χ1v) is 46.5. The van der Waals surface area contributed by atoms with Gasteiger partial charge in [0.1, 0.15) is 0 Å². The van der Waals surface area contributed by atoms with Gasteiger partial charge in [0.2, 0.25) is 0 Å². The van der Waals surface area contributed by atoms with E-state index < -0.39 is 58.3 Å². The fourth-order valence-corrected chi connectivity index (χ4v) is 387. The Bertz CT molecular complexity index is 496. The van der Waals surface area contributed by atoms with Crippen molar-refractivity contribution in [2.75, 3.05) is 0 Å². The summed E-state index contributed by atoms with van der Waals surface area (Å²) in [6.45, 7) is 54.4. The summed E-state index contributed by atoms with van der Waals surface area (Å²) in [5.41, 5.74) is 0. The van der Waals surface area contributed by atoms with Gasteiger partial charge in [-0.15, -0.1) is 22.3 Å². The monoisotopic (exact) mass is 537 g/mol. The minimum Gasteiger partial charge on any atom is -0.254 e. The summed E-state index contributed by atoms with van der Waals surface area (Å²) >= 11 is 0. The van der Waals surface area contributed by atoms with Gasteiger partial charge in [-0.05, 0) is 7.11 Å². The average Bonchev–Trinajstić information content (AvgIpc) is 2.14. The SMILES string of the molecule is C[Si](C)(C)[Si-]([Si](C)(C)C)[Si](C)(C)[Si](C)(C)[Si]([Si](C)(C)C)([Si](C)(C)C)[Si](C)(C)C. The van der Waals surface area contributed by atoms with Crippen molar-refractivity contribution < 1.29 is 0 Å². The molecule has 0 aromatic rings. The minimum atomic E-state index is -1.32. The molecular formula is C19H57Si9-. The summed E-state index contributed by atoms with van der Waals surface area (Å²) in [6, 6.07) is 0. The third-order valence-electron chi connectivity index (χ3n) is 8.00. The highest BCUT2D eigenvalue weighted by Gasteiger charge is 2.71. The third kappa shape index (κ3) is 4.81. The Morgan fingerprint density at radius 1 is 0.357 bits per heavy atom. The molecule has 0 aromatic carbocycles. The molecule has 0 aromatic heterocycles. The highest BCUT2D eigenvalue weighted by Crippen LogP contribution is 2.48. The van der Waals surface area contributed by atoms with Gasteiger partial charge in [0, 0.05) is 28.9 Å². The molecule has 0 spiro atoms. The van der Waals surface area contributed by atoms with Crippen LogP contribution in [0, 0.1) is 0 Å². The molecule has 0 N–H and O–H groups in total. The maximum Gasteiger partial charge on any atom is 0.0310 e. The lowest BCUT2D eigenvalue weighted by Crippen LogP contribution is -2.99. The van der Waals surface area contributed by atoms with Crippen LogP contribution in [-0.4, -0.2) is 65.7 Å². The van der Waals surface area contributed by atoms with Gasteiger partial charge in [0.25, 0.3) is 0 Å². The Kier molecular flexibility index (Phi) is 8.63.